The molecule has 2 amide bonds. The molecule has 3 aromatic rings. The molecule has 6 nitrogen and oxygen atoms in total. The van der Waals surface area contributed by atoms with Crippen molar-refractivity contribution in [3.05, 3.63) is 82.7 Å². The van der Waals surface area contributed by atoms with Gasteiger partial charge in [0.15, 0.2) is 11.5 Å². The van der Waals surface area contributed by atoms with Crippen LogP contribution in [0.2, 0.25) is 0 Å². The number of amides is 2. The molecule has 0 aliphatic carbocycles. The van der Waals surface area contributed by atoms with E-state index in [4.69, 9.17) is 9.47 Å². The van der Waals surface area contributed by atoms with E-state index in [-0.39, 0.29) is 12.5 Å². The molecule has 0 bridgehead atoms. The number of ether oxygens (including phenoxy) is 2. The van der Waals surface area contributed by atoms with Crippen LogP contribution in [0.1, 0.15) is 31.8 Å². The number of nitrogens with one attached hydrogen (secondary N) is 2. The van der Waals surface area contributed by atoms with Gasteiger partial charge in [0.05, 0.1) is 5.69 Å². The van der Waals surface area contributed by atoms with Crippen LogP contribution in [0.15, 0.2) is 54.6 Å². The van der Waals surface area contributed by atoms with E-state index in [1.54, 1.807) is 30.3 Å². The van der Waals surface area contributed by atoms with Crippen molar-refractivity contribution < 1.29 is 23.5 Å². The first kappa shape index (κ1) is 19.4. The van der Waals surface area contributed by atoms with Gasteiger partial charge in [-0.1, -0.05) is 6.07 Å². The van der Waals surface area contributed by atoms with E-state index in [0.717, 1.165) is 11.1 Å². The molecule has 30 heavy (non-hydrogen) atoms. The predicted octanol–water partition coefficient (Wildman–Crippen LogP) is 4.68. The van der Waals surface area contributed by atoms with Crippen LogP contribution >= 0.6 is 0 Å². The summed E-state index contributed by atoms with van der Waals surface area (Å²) in [6, 6.07) is 14.1. The molecule has 0 saturated carbocycles. The molecule has 0 spiro atoms. The number of carbonyl (C=O) groups excluding carboxylic acids is 2. The Bertz CT molecular complexity index is 1160. The zero-order valence-corrected chi connectivity index (χ0v) is 16.4. The molecule has 0 fully saturated rings. The Morgan fingerprint density at radius 1 is 0.800 bits per heavy atom. The molecule has 0 saturated heterocycles. The zero-order chi connectivity index (χ0) is 21.3. The highest BCUT2D eigenvalue weighted by Gasteiger charge is 2.17. The van der Waals surface area contributed by atoms with E-state index >= 15 is 0 Å². The van der Waals surface area contributed by atoms with Gasteiger partial charge in [-0.3, -0.25) is 9.59 Å². The molecule has 1 aliphatic rings. The summed E-state index contributed by atoms with van der Waals surface area (Å²) in [4.78, 5) is 25.0. The Morgan fingerprint density at radius 3 is 2.30 bits per heavy atom. The quantitative estimate of drug-likeness (QED) is 0.660. The minimum atomic E-state index is -0.603. The SMILES string of the molecule is Cc1ccc(C(=O)Nc2cc(NC(=O)c3ccc4c(c3)OCO4)ccc2F)cc1C. The highest BCUT2D eigenvalue weighted by Crippen LogP contribution is 2.32. The van der Waals surface area contributed by atoms with Crippen molar-refractivity contribution in [3.63, 3.8) is 0 Å². The van der Waals surface area contributed by atoms with E-state index in [1.165, 1.54) is 18.2 Å². The average Bonchev–Trinajstić information content (AvgIpc) is 3.20. The molecule has 1 aliphatic heterocycles. The van der Waals surface area contributed by atoms with Gasteiger partial charge in [0.25, 0.3) is 11.8 Å². The summed E-state index contributed by atoms with van der Waals surface area (Å²) < 4.78 is 24.8. The Hall–Kier alpha value is -3.87. The first-order valence-electron chi connectivity index (χ1n) is 9.30. The van der Waals surface area contributed by atoms with Crippen molar-refractivity contribution >= 4 is 23.2 Å². The van der Waals surface area contributed by atoms with Gasteiger partial charge in [-0.05, 0) is 73.5 Å². The van der Waals surface area contributed by atoms with Crippen molar-refractivity contribution in [2.45, 2.75) is 13.8 Å². The predicted molar refractivity (Wildman–Crippen MR) is 111 cm³/mol. The summed E-state index contributed by atoms with van der Waals surface area (Å²) >= 11 is 0. The van der Waals surface area contributed by atoms with Crippen LogP contribution in [0, 0.1) is 19.7 Å². The smallest absolute Gasteiger partial charge is 0.255 e. The van der Waals surface area contributed by atoms with Gasteiger partial charge in [0.1, 0.15) is 5.82 Å². The monoisotopic (exact) mass is 406 g/mol. The van der Waals surface area contributed by atoms with Crippen molar-refractivity contribution in [1.82, 2.24) is 0 Å². The lowest BCUT2D eigenvalue weighted by Gasteiger charge is -2.11. The van der Waals surface area contributed by atoms with Crippen LogP contribution < -0.4 is 20.1 Å². The van der Waals surface area contributed by atoms with Crippen LogP contribution in [-0.4, -0.2) is 18.6 Å². The Morgan fingerprint density at radius 2 is 1.50 bits per heavy atom. The van der Waals surface area contributed by atoms with Crippen molar-refractivity contribution in [2.24, 2.45) is 0 Å². The van der Waals surface area contributed by atoms with Gasteiger partial charge in [-0.15, -0.1) is 0 Å². The molecule has 1 heterocycles. The standard InChI is InChI=1S/C23H19FN2O4/c1-13-3-4-15(9-14(13)2)23(28)26-19-11-17(6-7-18(19)24)25-22(27)16-5-8-20-21(10-16)30-12-29-20/h3-11H,12H2,1-2H3,(H,25,27)(H,26,28). The van der Waals surface area contributed by atoms with Crippen LogP contribution in [0.25, 0.3) is 0 Å². The molecule has 152 valence electrons. The van der Waals surface area contributed by atoms with Gasteiger partial charge < -0.3 is 20.1 Å². The molecule has 0 aromatic heterocycles. The number of fused-ring (bicyclic) bond motifs is 1. The van der Waals surface area contributed by atoms with E-state index in [9.17, 15) is 14.0 Å². The number of aryl methyl sites for hydroxylation is 2. The first-order chi connectivity index (χ1) is 14.4. The van der Waals surface area contributed by atoms with Gasteiger partial charge in [0, 0.05) is 16.8 Å². The van der Waals surface area contributed by atoms with Gasteiger partial charge in [-0.25, -0.2) is 4.39 Å². The number of hydrogen-bond acceptors (Lipinski definition) is 4. The number of carbonyl (C=O) groups is 2. The lowest BCUT2D eigenvalue weighted by molar-refractivity contribution is 0.101. The molecular formula is C23H19FN2O4. The maximum atomic E-state index is 14.2. The number of benzene rings is 3. The fraction of sp³-hybridized carbons (Fsp3) is 0.130. The average molecular weight is 406 g/mol. The minimum Gasteiger partial charge on any atom is -0.454 e. The number of anilines is 2. The van der Waals surface area contributed by atoms with E-state index < -0.39 is 17.6 Å². The molecule has 4 rings (SSSR count). The summed E-state index contributed by atoms with van der Waals surface area (Å²) in [6.45, 7) is 3.96. The van der Waals surface area contributed by atoms with Crippen LogP contribution in [0.4, 0.5) is 15.8 Å². The zero-order valence-electron chi connectivity index (χ0n) is 16.4. The molecule has 3 aromatic carbocycles. The number of halogens is 1. The Labute approximate surface area is 172 Å². The largest absolute Gasteiger partial charge is 0.454 e. The Balaban J connectivity index is 1.50. The molecule has 0 unspecified atom stereocenters. The van der Waals surface area contributed by atoms with Gasteiger partial charge in [0.2, 0.25) is 6.79 Å². The summed E-state index contributed by atoms with van der Waals surface area (Å²) in [6.07, 6.45) is 0. The maximum Gasteiger partial charge on any atom is 0.255 e. The second kappa shape index (κ2) is 7.87. The topological polar surface area (TPSA) is 76.7 Å². The summed E-state index contributed by atoms with van der Waals surface area (Å²) in [7, 11) is 0. The lowest BCUT2D eigenvalue weighted by Crippen LogP contribution is -2.15. The second-order valence-corrected chi connectivity index (χ2v) is 6.97. The molecule has 0 atom stereocenters. The Kier molecular flexibility index (Phi) is 5.10. The van der Waals surface area contributed by atoms with Gasteiger partial charge in [-0.2, -0.15) is 0 Å². The third kappa shape index (κ3) is 3.96. The number of rotatable bonds is 4. The molecule has 0 radical (unpaired) electrons. The summed E-state index contributed by atoms with van der Waals surface area (Å²) in [5, 5.41) is 5.25. The molecule has 7 heteroatoms. The van der Waals surface area contributed by atoms with Crippen molar-refractivity contribution in [3.8, 4) is 11.5 Å². The minimum absolute atomic E-state index is 0.0262. The third-order valence-corrected chi connectivity index (χ3v) is 4.88. The highest BCUT2D eigenvalue weighted by molar-refractivity contribution is 6.06. The summed E-state index contributed by atoms with van der Waals surface area (Å²) in [5.74, 6) is -0.372. The number of hydrogen-bond donors (Lipinski definition) is 2. The molecule has 2 N–H and O–H groups in total. The first-order valence-corrected chi connectivity index (χ1v) is 9.30. The van der Waals surface area contributed by atoms with E-state index in [0.29, 0.717) is 28.3 Å². The fourth-order valence-corrected chi connectivity index (χ4v) is 3.02. The highest BCUT2D eigenvalue weighted by atomic mass is 19.1. The fourth-order valence-electron chi connectivity index (χ4n) is 3.02. The maximum absolute atomic E-state index is 14.2. The normalized spacial score (nSPS) is 11.8. The second-order valence-electron chi connectivity index (χ2n) is 6.97. The van der Waals surface area contributed by atoms with Crippen molar-refractivity contribution in [2.75, 3.05) is 17.4 Å². The lowest BCUT2D eigenvalue weighted by atomic mass is 10.1. The van der Waals surface area contributed by atoms with E-state index in [2.05, 4.69) is 10.6 Å². The molecular weight excluding hydrogens is 387 g/mol. The van der Waals surface area contributed by atoms with Gasteiger partial charge >= 0.3 is 0 Å². The van der Waals surface area contributed by atoms with Crippen LogP contribution in [0.5, 0.6) is 11.5 Å². The van der Waals surface area contributed by atoms with E-state index in [1.807, 2.05) is 19.9 Å². The van der Waals surface area contributed by atoms with Crippen LogP contribution in [-0.2, 0) is 0 Å². The van der Waals surface area contributed by atoms with Crippen LogP contribution in [0.3, 0.4) is 0 Å². The third-order valence-electron chi connectivity index (χ3n) is 4.88. The van der Waals surface area contributed by atoms with Crippen molar-refractivity contribution in [1.29, 1.82) is 0 Å². The summed E-state index contributed by atoms with van der Waals surface area (Å²) in [5.41, 5.74) is 3.13.